The van der Waals surface area contributed by atoms with Crippen molar-refractivity contribution < 1.29 is 9.53 Å². The fraction of sp³-hybridized carbons (Fsp3) is 0.560. The van der Waals surface area contributed by atoms with Gasteiger partial charge in [0.1, 0.15) is 17.4 Å². The van der Waals surface area contributed by atoms with Gasteiger partial charge in [-0.2, -0.15) is 0 Å². The Balaban J connectivity index is 1.55. The van der Waals surface area contributed by atoms with E-state index in [1.807, 2.05) is 11.0 Å². The van der Waals surface area contributed by atoms with Crippen molar-refractivity contribution in [3.63, 3.8) is 0 Å². The maximum Gasteiger partial charge on any atom is 0.219 e. The normalized spacial score (nSPS) is 18.9. The van der Waals surface area contributed by atoms with Gasteiger partial charge >= 0.3 is 0 Å². The van der Waals surface area contributed by atoms with Crippen LogP contribution in [0.5, 0.6) is 5.75 Å². The molecule has 2 aliphatic heterocycles. The van der Waals surface area contributed by atoms with Gasteiger partial charge in [0.05, 0.1) is 19.3 Å². The third-order valence-corrected chi connectivity index (χ3v) is 6.68. The van der Waals surface area contributed by atoms with Crippen LogP contribution in [-0.4, -0.2) is 66.0 Å². The maximum absolute atomic E-state index is 12.0. The Bertz CT molecular complexity index is 977. The molecule has 7 nitrogen and oxygen atoms in total. The lowest BCUT2D eigenvalue weighted by molar-refractivity contribution is -0.129. The van der Waals surface area contributed by atoms with E-state index in [9.17, 15) is 4.79 Å². The van der Waals surface area contributed by atoms with Crippen LogP contribution in [0.2, 0.25) is 0 Å². The van der Waals surface area contributed by atoms with Gasteiger partial charge in [-0.15, -0.1) is 0 Å². The van der Waals surface area contributed by atoms with Crippen molar-refractivity contribution in [1.29, 1.82) is 0 Å². The molecule has 0 aliphatic carbocycles. The van der Waals surface area contributed by atoms with Gasteiger partial charge in [-0.3, -0.25) is 4.79 Å². The van der Waals surface area contributed by atoms with E-state index < -0.39 is 0 Å². The van der Waals surface area contributed by atoms with Gasteiger partial charge in [0.25, 0.3) is 0 Å². The maximum atomic E-state index is 12.0. The highest BCUT2D eigenvalue weighted by Gasteiger charge is 2.27. The van der Waals surface area contributed by atoms with Crippen molar-refractivity contribution in [3.05, 3.63) is 46.4 Å². The molecule has 3 heterocycles. The second-order valence-corrected chi connectivity index (χ2v) is 9.13. The summed E-state index contributed by atoms with van der Waals surface area (Å²) in [6, 6.07) is 6.32. The number of nitrogens with zero attached hydrogens (tertiary/aromatic N) is 4. The number of carbonyl (C=O) groups is 1. The van der Waals surface area contributed by atoms with E-state index in [0.717, 1.165) is 79.7 Å². The molecule has 32 heavy (non-hydrogen) atoms. The summed E-state index contributed by atoms with van der Waals surface area (Å²) in [5.74, 6) is 3.24. The highest BCUT2D eigenvalue weighted by molar-refractivity contribution is 5.74. The number of fused-ring (bicyclic) bond motifs is 1. The lowest BCUT2D eigenvalue weighted by atomic mass is 9.96. The SMILES string of the molecule is COc1ccc(CCNc2nc([C@@H]3CCCN(C)C3)nc3c2CN(C(C)=O)CC3)cc1C. The van der Waals surface area contributed by atoms with Gasteiger partial charge in [-0.05, 0) is 57.0 Å². The van der Waals surface area contributed by atoms with Gasteiger partial charge in [0.2, 0.25) is 5.91 Å². The molecule has 1 fully saturated rings. The number of carbonyl (C=O) groups excluding carboxylic acids is 1. The third-order valence-electron chi connectivity index (χ3n) is 6.68. The number of aryl methyl sites for hydroxylation is 1. The van der Waals surface area contributed by atoms with Crippen LogP contribution in [-0.2, 0) is 24.2 Å². The van der Waals surface area contributed by atoms with Crippen molar-refractivity contribution >= 4 is 11.7 Å². The van der Waals surface area contributed by atoms with E-state index in [1.165, 1.54) is 12.0 Å². The second kappa shape index (κ2) is 9.86. The van der Waals surface area contributed by atoms with Crippen LogP contribution in [0.3, 0.4) is 0 Å². The Morgan fingerprint density at radius 2 is 2.12 bits per heavy atom. The lowest BCUT2D eigenvalue weighted by Crippen LogP contribution is -2.36. The van der Waals surface area contributed by atoms with Gasteiger partial charge in [0, 0.05) is 44.5 Å². The summed E-state index contributed by atoms with van der Waals surface area (Å²) in [6.07, 6.45) is 3.99. The Hall–Kier alpha value is -2.67. The Kier molecular flexibility index (Phi) is 6.94. The number of methoxy groups -OCH3 is 1. The minimum atomic E-state index is 0.105. The number of hydrogen-bond acceptors (Lipinski definition) is 6. The minimum absolute atomic E-state index is 0.105. The zero-order valence-corrected chi connectivity index (χ0v) is 19.8. The topological polar surface area (TPSA) is 70.6 Å². The zero-order chi connectivity index (χ0) is 22.7. The first-order valence-corrected chi connectivity index (χ1v) is 11.7. The van der Waals surface area contributed by atoms with Gasteiger partial charge in [-0.1, -0.05) is 12.1 Å². The van der Waals surface area contributed by atoms with Crippen LogP contribution in [0, 0.1) is 6.92 Å². The standard InChI is InChI=1S/C25H35N5O2/c1-17-14-19(7-8-23(17)32-4)9-11-26-25-21-16-30(18(2)31)13-10-22(21)27-24(28-25)20-6-5-12-29(3)15-20/h7-8,14,20H,5-6,9-13,15-16H2,1-4H3,(H,26,27,28)/t20-/m1/s1. The van der Waals surface area contributed by atoms with Crippen molar-refractivity contribution in [3.8, 4) is 5.75 Å². The van der Waals surface area contributed by atoms with Crippen LogP contribution >= 0.6 is 0 Å². The predicted molar refractivity (Wildman–Crippen MR) is 126 cm³/mol. The van der Waals surface area contributed by atoms with Gasteiger partial charge in [-0.25, -0.2) is 9.97 Å². The van der Waals surface area contributed by atoms with E-state index in [1.54, 1.807) is 14.0 Å². The summed E-state index contributed by atoms with van der Waals surface area (Å²) in [5, 5.41) is 3.59. The van der Waals surface area contributed by atoms with Crippen molar-refractivity contribution in [2.75, 3.05) is 45.7 Å². The van der Waals surface area contributed by atoms with E-state index in [2.05, 4.69) is 36.3 Å². The molecular weight excluding hydrogens is 402 g/mol. The Morgan fingerprint density at radius 1 is 1.28 bits per heavy atom. The zero-order valence-electron chi connectivity index (χ0n) is 19.8. The van der Waals surface area contributed by atoms with E-state index in [-0.39, 0.29) is 5.91 Å². The number of aromatic nitrogens is 2. The molecule has 4 rings (SSSR count). The van der Waals surface area contributed by atoms with Gasteiger partial charge in [0.15, 0.2) is 0 Å². The molecule has 0 radical (unpaired) electrons. The summed E-state index contributed by atoms with van der Waals surface area (Å²) in [4.78, 5) is 26.3. The predicted octanol–water partition coefficient (Wildman–Crippen LogP) is 3.16. The van der Waals surface area contributed by atoms with Gasteiger partial charge < -0.3 is 19.9 Å². The van der Waals surface area contributed by atoms with E-state index in [0.29, 0.717) is 12.5 Å². The number of benzene rings is 1. The number of ether oxygens (including phenoxy) is 1. The number of hydrogen-bond donors (Lipinski definition) is 1. The highest BCUT2D eigenvalue weighted by atomic mass is 16.5. The monoisotopic (exact) mass is 437 g/mol. The molecule has 2 aromatic rings. The molecule has 2 aliphatic rings. The Morgan fingerprint density at radius 3 is 2.84 bits per heavy atom. The molecule has 0 unspecified atom stereocenters. The van der Waals surface area contributed by atoms with Crippen molar-refractivity contribution in [1.82, 2.24) is 19.8 Å². The van der Waals surface area contributed by atoms with Crippen LogP contribution in [0.25, 0.3) is 0 Å². The second-order valence-electron chi connectivity index (χ2n) is 9.13. The van der Waals surface area contributed by atoms with Crippen LogP contribution in [0.1, 0.15) is 53.9 Å². The van der Waals surface area contributed by atoms with E-state index in [4.69, 9.17) is 14.7 Å². The van der Waals surface area contributed by atoms with Crippen molar-refractivity contribution in [2.45, 2.75) is 52.0 Å². The number of rotatable bonds is 6. The van der Waals surface area contributed by atoms with Crippen molar-refractivity contribution in [2.24, 2.45) is 0 Å². The summed E-state index contributed by atoms with van der Waals surface area (Å²) >= 11 is 0. The average Bonchev–Trinajstić information content (AvgIpc) is 2.78. The first kappa shape index (κ1) is 22.5. The minimum Gasteiger partial charge on any atom is -0.496 e. The molecule has 1 amide bonds. The van der Waals surface area contributed by atoms with Crippen LogP contribution in [0.4, 0.5) is 5.82 Å². The highest BCUT2D eigenvalue weighted by Crippen LogP contribution is 2.30. The molecule has 172 valence electrons. The molecule has 7 heteroatoms. The van der Waals surface area contributed by atoms with Crippen LogP contribution in [0.15, 0.2) is 18.2 Å². The average molecular weight is 438 g/mol. The molecule has 1 saturated heterocycles. The number of likely N-dealkylation sites (tertiary alicyclic amines) is 1. The smallest absolute Gasteiger partial charge is 0.219 e. The lowest BCUT2D eigenvalue weighted by Gasteiger charge is -2.32. The fourth-order valence-corrected chi connectivity index (χ4v) is 4.83. The number of amides is 1. The number of anilines is 1. The summed E-state index contributed by atoms with van der Waals surface area (Å²) in [5.41, 5.74) is 4.58. The molecule has 0 bridgehead atoms. The van der Waals surface area contributed by atoms with E-state index >= 15 is 0 Å². The molecule has 0 spiro atoms. The number of likely N-dealkylation sites (N-methyl/N-ethyl adjacent to an activating group) is 1. The molecule has 0 saturated carbocycles. The molecule has 1 aromatic heterocycles. The summed E-state index contributed by atoms with van der Waals surface area (Å²) in [6.45, 7) is 7.94. The molecule has 1 N–H and O–H groups in total. The number of nitrogens with one attached hydrogen (secondary N) is 1. The summed E-state index contributed by atoms with van der Waals surface area (Å²) < 4.78 is 5.38. The quantitative estimate of drug-likeness (QED) is 0.749. The Labute approximate surface area is 191 Å². The first-order valence-electron chi connectivity index (χ1n) is 11.7. The fourth-order valence-electron chi connectivity index (χ4n) is 4.83. The molecule has 1 aromatic carbocycles. The first-order chi connectivity index (χ1) is 15.4. The third kappa shape index (κ3) is 5.04. The molecule has 1 atom stereocenters. The molecular formula is C25H35N5O2. The number of piperidine rings is 1. The summed E-state index contributed by atoms with van der Waals surface area (Å²) in [7, 11) is 3.87. The van der Waals surface area contributed by atoms with Crippen LogP contribution < -0.4 is 10.1 Å². The largest absolute Gasteiger partial charge is 0.496 e.